The first-order valence-corrected chi connectivity index (χ1v) is 9.05. The highest BCUT2D eigenvalue weighted by molar-refractivity contribution is 5.77. The number of nitrogens with zero attached hydrogens (tertiary/aromatic N) is 2. The Hall–Kier alpha value is -2.81. The molecule has 1 amide bonds. The minimum Gasteiger partial charge on any atom is -0.484 e. The summed E-state index contributed by atoms with van der Waals surface area (Å²) >= 11 is 0. The van der Waals surface area contributed by atoms with Crippen LogP contribution in [0.5, 0.6) is 5.75 Å². The van der Waals surface area contributed by atoms with Crippen molar-refractivity contribution in [1.82, 2.24) is 10.3 Å². The maximum absolute atomic E-state index is 13.2. The van der Waals surface area contributed by atoms with Crippen LogP contribution < -0.4 is 15.0 Å². The van der Waals surface area contributed by atoms with Crippen LogP contribution in [0.15, 0.2) is 42.7 Å². The number of aromatic nitrogens is 1. The van der Waals surface area contributed by atoms with E-state index in [0.29, 0.717) is 18.7 Å². The van der Waals surface area contributed by atoms with Gasteiger partial charge in [0, 0.05) is 25.8 Å². The highest BCUT2D eigenvalue weighted by Crippen LogP contribution is 2.36. The van der Waals surface area contributed by atoms with Gasteiger partial charge in [0.15, 0.2) is 6.61 Å². The number of ether oxygens (including phenoxy) is 1. The van der Waals surface area contributed by atoms with E-state index in [1.54, 1.807) is 38.2 Å². The topological polar surface area (TPSA) is 74.7 Å². The van der Waals surface area contributed by atoms with Gasteiger partial charge in [0.05, 0.1) is 24.1 Å². The fourth-order valence-electron chi connectivity index (χ4n) is 2.65. The van der Waals surface area contributed by atoms with E-state index in [-0.39, 0.29) is 30.9 Å². The number of halogens is 3. The first-order chi connectivity index (χ1) is 13.7. The zero-order chi connectivity index (χ0) is 21.4. The summed E-state index contributed by atoms with van der Waals surface area (Å²) in [5.74, 6) is 0.171. The van der Waals surface area contributed by atoms with Gasteiger partial charge in [-0.2, -0.15) is 13.2 Å². The van der Waals surface area contributed by atoms with Crippen LogP contribution in [0.2, 0.25) is 0 Å². The van der Waals surface area contributed by atoms with Gasteiger partial charge in [0.2, 0.25) is 0 Å². The number of pyridine rings is 1. The van der Waals surface area contributed by atoms with Gasteiger partial charge in [0.25, 0.3) is 5.91 Å². The van der Waals surface area contributed by atoms with Crippen molar-refractivity contribution in [3.8, 4) is 5.75 Å². The van der Waals surface area contributed by atoms with Gasteiger partial charge < -0.3 is 20.1 Å². The number of hydrogen-bond donors (Lipinski definition) is 2. The summed E-state index contributed by atoms with van der Waals surface area (Å²) in [6.45, 7) is 1.82. The number of aliphatic hydroxyl groups excluding tert-OH is 1. The second kappa shape index (κ2) is 10.1. The monoisotopic (exact) mass is 411 g/mol. The molecule has 0 radical (unpaired) electrons. The van der Waals surface area contributed by atoms with E-state index in [2.05, 4.69) is 10.3 Å². The predicted octanol–water partition coefficient (Wildman–Crippen LogP) is 3.00. The summed E-state index contributed by atoms with van der Waals surface area (Å²) in [4.78, 5) is 17.2. The molecule has 0 aliphatic heterocycles. The summed E-state index contributed by atoms with van der Waals surface area (Å²) in [6.07, 6.45) is -1.72. The zero-order valence-corrected chi connectivity index (χ0v) is 16.2. The molecule has 158 valence electrons. The number of carbonyl (C=O) groups excluding carboxylic acids is 1. The Labute approximate surface area is 167 Å². The van der Waals surface area contributed by atoms with Crippen molar-refractivity contribution in [2.45, 2.75) is 32.2 Å². The van der Waals surface area contributed by atoms with Crippen LogP contribution >= 0.6 is 0 Å². The number of nitrogens with one attached hydrogen (secondary N) is 1. The molecule has 1 unspecified atom stereocenters. The van der Waals surface area contributed by atoms with Crippen LogP contribution in [0.25, 0.3) is 0 Å². The summed E-state index contributed by atoms with van der Waals surface area (Å²) in [5, 5.41) is 11.7. The number of alkyl halides is 3. The maximum atomic E-state index is 13.2. The van der Waals surface area contributed by atoms with Gasteiger partial charge in [0.1, 0.15) is 5.75 Å². The Kier molecular flexibility index (Phi) is 7.83. The van der Waals surface area contributed by atoms with Gasteiger partial charge in [-0.3, -0.25) is 9.78 Å². The quantitative estimate of drug-likeness (QED) is 0.664. The van der Waals surface area contributed by atoms with Gasteiger partial charge in [-0.15, -0.1) is 0 Å². The molecule has 1 aromatic carbocycles. The molecule has 0 aliphatic rings. The van der Waals surface area contributed by atoms with Gasteiger partial charge >= 0.3 is 6.18 Å². The Balaban J connectivity index is 1.80. The third-order valence-corrected chi connectivity index (χ3v) is 4.51. The number of hydrogen-bond acceptors (Lipinski definition) is 5. The Morgan fingerprint density at radius 3 is 2.59 bits per heavy atom. The van der Waals surface area contributed by atoms with Crippen molar-refractivity contribution < 1.29 is 27.8 Å². The Bertz CT molecular complexity index is 798. The average Bonchev–Trinajstić information content (AvgIpc) is 2.71. The number of amides is 1. The number of benzene rings is 1. The van der Waals surface area contributed by atoms with Crippen molar-refractivity contribution in [3.63, 3.8) is 0 Å². The zero-order valence-electron chi connectivity index (χ0n) is 16.2. The van der Waals surface area contributed by atoms with Crippen molar-refractivity contribution in [2.24, 2.45) is 0 Å². The second-order valence-electron chi connectivity index (χ2n) is 6.58. The normalized spacial score (nSPS) is 12.3. The molecular formula is C20H24F3N3O3. The van der Waals surface area contributed by atoms with Crippen LogP contribution in [-0.4, -0.2) is 42.2 Å². The number of anilines is 1. The number of carbonyl (C=O) groups is 1. The smallest absolute Gasteiger partial charge is 0.418 e. The minimum absolute atomic E-state index is 0.00603. The molecule has 29 heavy (non-hydrogen) atoms. The molecule has 9 heteroatoms. The number of aliphatic hydroxyl groups is 1. The van der Waals surface area contributed by atoms with Crippen LogP contribution in [0.4, 0.5) is 18.9 Å². The fourth-order valence-corrected chi connectivity index (χ4v) is 2.65. The lowest BCUT2D eigenvalue weighted by molar-refractivity contribution is -0.137. The number of rotatable bonds is 9. The lowest BCUT2D eigenvalue weighted by atomic mass is 10.1. The third kappa shape index (κ3) is 6.63. The largest absolute Gasteiger partial charge is 0.484 e. The Morgan fingerprint density at radius 2 is 1.97 bits per heavy atom. The molecule has 0 saturated carbocycles. The standard InChI is InChI=1S/C20H24F3N3O3/c1-14(26(2)18-11-24-9-8-17(18)20(21,22)23)7-10-25-19(28)13-29-16-5-3-15(12-27)4-6-16/h3-6,8-9,11,14,27H,7,10,12-13H2,1-2H3,(H,25,28). The average molecular weight is 411 g/mol. The molecule has 1 aromatic heterocycles. The molecule has 0 bridgehead atoms. The van der Waals surface area contributed by atoms with Crippen molar-refractivity contribution in [3.05, 3.63) is 53.9 Å². The van der Waals surface area contributed by atoms with E-state index in [1.807, 2.05) is 0 Å². The highest BCUT2D eigenvalue weighted by atomic mass is 19.4. The van der Waals surface area contributed by atoms with E-state index in [0.717, 1.165) is 17.8 Å². The Morgan fingerprint density at radius 1 is 1.28 bits per heavy atom. The molecule has 6 nitrogen and oxygen atoms in total. The summed E-state index contributed by atoms with van der Waals surface area (Å²) in [5.41, 5.74) is -0.0119. The SMILES string of the molecule is CC(CCNC(=O)COc1ccc(CO)cc1)N(C)c1cnccc1C(F)(F)F. The molecule has 0 saturated heterocycles. The third-order valence-electron chi connectivity index (χ3n) is 4.51. The molecule has 0 aliphatic carbocycles. The first kappa shape index (κ1) is 22.5. The van der Waals surface area contributed by atoms with Crippen LogP contribution in [-0.2, 0) is 17.6 Å². The minimum atomic E-state index is -4.47. The van der Waals surface area contributed by atoms with E-state index in [1.165, 1.54) is 11.1 Å². The molecule has 0 fully saturated rings. The first-order valence-electron chi connectivity index (χ1n) is 9.05. The van der Waals surface area contributed by atoms with E-state index < -0.39 is 11.7 Å². The molecule has 1 atom stereocenters. The van der Waals surface area contributed by atoms with E-state index >= 15 is 0 Å². The van der Waals surface area contributed by atoms with Crippen LogP contribution in [0.3, 0.4) is 0 Å². The molecule has 2 aromatic rings. The molecule has 1 heterocycles. The lowest BCUT2D eigenvalue weighted by Crippen LogP contribution is -2.36. The van der Waals surface area contributed by atoms with Crippen LogP contribution in [0, 0.1) is 0 Å². The lowest BCUT2D eigenvalue weighted by Gasteiger charge is -2.29. The summed E-state index contributed by atoms with van der Waals surface area (Å²) in [6, 6.07) is 7.39. The maximum Gasteiger partial charge on any atom is 0.418 e. The van der Waals surface area contributed by atoms with Crippen molar-refractivity contribution >= 4 is 11.6 Å². The van der Waals surface area contributed by atoms with Gasteiger partial charge in [-0.25, -0.2) is 0 Å². The van der Waals surface area contributed by atoms with Crippen LogP contribution in [0.1, 0.15) is 24.5 Å². The second-order valence-corrected chi connectivity index (χ2v) is 6.58. The molecule has 2 rings (SSSR count). The van der Waals surface area contributed by atoms with Crippen molar-refractivity contribution in [2.75, 3.05) is 25.1 Å². The molecule has 2 N–H and O–H groups in total. The fraction of sp³-hybridized carbons (Fsp3) is 0.400. The van der Waals surface area contributed by atoms with E-state index in [4.69, 9.17) is 9.84 Å². The summed E-state index contributed by atoms with van der Waals surface area (Å²) in [7, 11) is 1.57. The highest BCUT2D eigenvalue weighted by Gasteiger charge is 2.35. The van der Waals surface area contributed by atoms with Crippen molar-refractivity contribution in [1.29, 1.82) is 0 Å². The molecular weight excluding hydrogens is 387 g/mol. The summed E-state index contributed by atoms with van der Waals surface area (Å²) < 4.78 is 44.8. The molecule has 0 spiro atoms. The van der Waals surface area contributed by atoms with Gasteiger partial charge in [-0.1, -0.05) is 12.1 Å². The van der Waals surface area contributed by atoms with E-state index in [9.17, 15) is 18.0 Å². The predicted molar refractivity (Wildman–Crippen MR) is 103 cm³/mol. The van der Waals surface area contributed by atoms with Gasteiger partial charge in [-0.05, 0) is 37.1 Å².